The van der Waals surface area contributed by atoms with Crippen molar-refractivity contribution in [1.82, 2.24) is 19.8 Å². The molecule has 2 heterocycles. The van der Waals surface area contributed by atoms with Crippen molar-refractivity contribution < 1.29 is 37.1 Å². The maximum atomic E-state index is 14.7. The van der Waals surface area contributed by atoms with E-state index in [0.29, 0.717) is 21.8 Å². The van der Waals surface area contributed by atoms with E-state index in [0.717, 1.165) is 11.1 Å². The molecular formula is C46H50N4O8S. The minimum absolute atomic E-state index is 0.112. The maximum absolute atomic E-state index is 14.7. The lowest BCUT2D eigenvalue weighted by Gasteiger charge is -2.24. The van der Waals surface area contributed by atoms with Crippen LogP contribution in [0.2, 0.25) is 0 Å². The second-order valence-corrected chi connectivity index (χ2v) is 18.6. The Morgan fingerprint density at radius 2 is 0.881 bits per heavy atom. The second-order valence-electron chi connectivity index (χ2n) is 16.5. The minimum Gasteiger partial charge on any atom is -0.444 e. The molecule has 0 saturated carbocycles. The van der Waals surface area contributed by atoms with Crippen molar-refractivity contribution in [2.45, 2.75) is 89.2 Å². The summed E-state index contributed by atoms with van der Waals surface area (Å²) < 4.78 is 42.6. The fourth-order valence-electron chi connectivity index (χ4n) is 6.97. The van der Waals surface area contributed by atoms with Gasteiger partial charge in [-0.1, -0.05) is 97.1 Å². The van der Waals surface area contributed by atoms with Gasteiger partial charge in [-0.3, -0.25) is 18.7 Å². The van der Waals surface area contributed by atoms with Crippen molar-refractivity contribution >= 4 is 55.6 Å². The lowest BCUT2D eigenvalue weighted by atomic mass is 10.1. The average Bonchev–Trinajstić information content (AvgIpc) is 3.69. The van der Waals surface area contributed by atoms with Crippen LogP contribution in [0, 0.1) is 0 Å². The van der Waals surface area contributed by atoms with Crippen molar-refractivity contribution in [1.29, 1.82) is 0 Å². The Balaban J connectivity index is 1.36. The normalized spacial score (nSPS) is 13.1. The number of nitrogens with one attached hydrogen (secondary N) is 2. The maximum Gasteiger partial charge on any atom is 0.408 e. The van der Waals surface area contributed by atoms with E-state index >= 15 is 0 Å². The highest BCUT2D eigenvalue weighted by molar-refractivity contribution is 7.89. The molecule has 0 saturated heterocycles. The molecule has 4 aromatic carbocycles. The zero-order valence-electron chi connectivity index (χ0n) is 34.1. The van der Waals surface area contributed by atoms with Crippen LogP contribution in [0.15, 0.2) is 121 Å². The van der Waals surface area contributed by atoms with Crippen molar-refractivity contribution in [3.63, 3.8) is 0 Å². The molecular weight excluding hydrogens is 769 g/mol. The SMILES string of the molecule is CC(C)(C)OC(=O)N[C@@H](Cc1ccccc1)C(=O)n1c(CS(=O)(=O)Cc2cc3ccccc3n2C(=O)[C@H](Cc2ccccc2)NC(=O)OC(C)(C)C)cc2ccccc21. The van der Waals surface area contributed by atoms with E-state index in [2.05, 4.69) is 10.6 Å². The Morgan fingerprint density at radius 3 is 1.24 bits per heavy atom. The number of para-hydroxylation sites is 2. The van der Waals surface area contributed by atoms with E-state index in [1.807, 2.05) is 60.7 Å². The van der Waals surface area contributed by atoms with Gasteiger partial charge in [-0.05, 0) is 76.9 Å². The van der Waals surface area contributed by atoms with Gasteiger partial charge in [0, 0.05) is 35.0 Å². The summed E-state index contributed by atoms with van der Waals surface area (Å²) in [6, 6.07) is 33.5. The number of rotatable bonds is 12. The first-order chi connectivity index (χ1) is 27.9. The summed E-state index contributed by atoms with van der Waals surface area (Å²) in [4.78, 5) is 55.5. The summed E-state index contributed by atoms with van der Waals surface area (Å²) in [6.45, 7) is 10.3. The van der Waals surface area contributed by atoms with Crippen molar-refractivity contribution in [3.8, 4) is 0 Å². The molecule has 2 aromatic heterocycles. The van der Waals surface area contributed by atoms with Crippen LogP contribution in [0.1, 0.15) is 73.6 Å². The van der Waals surface area contributed by atoms with Crippen LogP contribution >= 0.6 is 0 Å². The van der Waals surface area contributed by atoms with Crippen LogP contribution in [0.5, 0.6) is 0 Å². The van der Waals surface area contributed by atoms with Gasteiger partial charge < -0.3 is 20.1 Å². The van der Waals surface area contributed by atoms with Crippen LogP contribution in [-0.2, 0) is 43.7 Å². The fraction of sp³-hybridized carbons (Fsp3) is 0.304. The molecule has 0 aliphatic carbocycles. The van der Waals surface area contributed by atoms with Gasteiger partial charge in [0.05, 0.1) is 22.5 Å². The van der Waals surface area contributed by atoms with Gasteiger partial charge in [-0.25, -0.2) is 18.0 Å². The van der Waals surface area contributed by atoms with E-state index in [1.54, 1.807) is 102 Å². The Hall–Kier alpha value is -6.21. The first-order valence-corrected chi connectivity index (χ1v) is 21.2. The minimum atomic E-state index is -4.13. The smallest absolute Gasteiger partial charge is 0.408 e. The largest absolute Gasteiger partial charge is 0.444 e. The summed E-state index contributed by atoms with van der Waals surface area (Å²) in [7, 11) is -4.13. The van der Waals surface area contributed by atoms with Crippen LogP contribution < -0.4 is 10.6 Å². The van der Waals surface area contributed by atoms with Crippen LogP contribution in [0.3, 0.4) is 0 Å². The molecule has 0 aliphatic heterocycles. The monoisotopic (exact) mass is 818 g/mol. The van der Waals surface area contributed by atoms with E-state index in [4.69, 9.17) is 9.47 Å². The summed E-state index contributed by atoms with van der Waals surface area (Å²) in [5.41, 5.74) is 1.18. The molecule has 0 spiro atoms. The Morgan fingerprint density at radius 1 is 0.542 bits per heavy atom. The van der Waals surface area contributed by atoms with E-state index < -0.39 is 68.6 Å². The average molecular weight is 819 g/mol. The molecule has 12 nitrogen and oxygen atoms in total. The number of carbonyl (C=O) groups is 4. The highest BCUT2D eigenvalue weighted by atomic mass is 32.2. The Bertz CT molecular complexity index is 2410. The van der Waals surface area contributed by atoms with E-state index in [9.17, 15) is 27.6 Å². The number of nitrogens with zero attached hydrogens (tertiary/aromatic N) is 2. The van der Waals surface area contributed by atoms with Gasteiger partial charge in [-0.2, -0.15) is 0 Å². The van der Waals surface area contributed by atoms with Gasteiger partial charge in [0.2, 0.25) is 0 Å². The lowest BCUT2D eigenvalue weighted by Crippen LogP contribution is -2.47. The lowest BCUT2D eigenvalue weighted by molar-refractivity contribution is 0.0476. The van der Waals surface area contributed by atoms with Crippen LogP contribution in [0.4, 0.5) is 9.59 Å². The first-order valence-electron chi connectivity index (χ1n) is 19.4. The molecule has 0 bridgehead atoms. The first kappa shape index (κ1) is 42.4. The van der Waals surface area contributed by atoms with Crippen LogP contribution in [0.25, 0.3) is 21.8 Å². The molecule has 0 unspecified atom stereocenters. The van der Waals surface area contributed by atoms with Crippen molar-refractivity contribution in [2.75, 3.05) is 0 Å². The number of alkyl carbamates (subject to hydrolysis) is 2. The molecule has 0 fully saturated rings. The number of fused-ring (bicyclic) bond motifs is 2. The summed E-state index contributed by atoms with van der Waals surface area (Å²) in [5, 5.41) is 6.72. The topological polar surface area (TPSA) is 155 Å². The number of carbonyl (C=O) groups excluding carboxylic acids is 4. The molecule has 2 amide bonds. The zero-order chi connectivity index (χ0) is 42.5. The Labute approximate surface area is 344 Å². The fourth-order valence-corrected chi connectivity index (χ4v) is 8.40. The van der Waals surface area contributed by atoms with Gasteiger partial charge in [0.15, 0.2) is 9.84 Å². The number of amides is 2. The summed E-state index contributed by atoms with van der Waals surface area (Å²) in [6.07, 6.45) is -1.36. The molecule has 2 atom stereocenters. The van der Waals surface area contributed by atoms with Crippen LogP contribution in [-0.4, -0.2) is 64.8 Å². The third-order valence-corrected chi connectivity index (χ3v) is 10.8. The van der Waals surface area contributed by atoms with Gasteiger partial charge in [0.1, 0.15) is 23.3 Å². The predicted molar refractivity (Wildman–Crippen MR) is 228 cm³/mol. The third-order valence-electron chi connectivity index (χ3n) is 9.29. The molecule has 59 heavy (non-hydrogen) atoms. The standard InChI is InChI=1S/C46H50N4O8S/c1-45(2,3)57-43(53)47-37(25-31-17-9-7-10-18-31)41(51)49-35(27-33-21-13-15-23-39(33)49)29-59(55,56)30-36-28-34-22-14-16-24-40(34)50(36)42(52)38(26-32-19-11-8-12-20-32)48-44(54)58-46(4,5)6/h7-24,27-28,37-38H,25-26,29-30H2,1-6H3,(H,47,53)(H,48,54)/t37-,38-/m0/s1. The van der Waals surface area contributed by atoms with Gasteiger partial charge in [0.25, 0.3) is 11.8 Å². The van der Waals surface area contributed by atoms with Gasteiger partial charge in [-0.15, -0.1) is 0 Å². The zero-order valence-corrected chi connectivity index (χ0v) is 34.9. The highest BCUT2D eigenvalue weighted by Crippen LogP contribution is 2.27. The second kappa shape index (κ2) is 17.3. The van der Waals surface area contributed by atoms with E-state index in [-0.39, 0.29) is 24.2 Å². The molecule has 13 heteroatoms. The number of hydrogen-bond acceptors (Lipinski definition) is 8. The number of sulfone groups is 1. The molecule has 308 valence electrons. The number of ether oxygens (including phenoxy) is 2. The molecule has 2 N–H and O–H groups in total. The molecule has 0 aliphatic rings. The third kappa shape index (κ3) is 11.1. The predicted octanol–water partition coefficient (Wildman–Crippen LogP) is 8.26. The summed E-state index contributed by atoms with van der Waals surface area (Å²) >= 11 is 0. The quantitative estimate of drug-likeness (QED) is 0.125. The van der Waals surface area contributed by atoms with E-state index in [1.165, 1.54) is 9.13 Å². The number of aromatic nitrogens is 2. The molecule has 6 aromatic rings. The number of hydrogen-bond donors (Lipinski definition) is 2. The van der Waals surface area contributed by atoms with Crippen molar-refractivity contribution in [2.24, 2.45) is 0 Å². The molecule has 6 rings (SSSR count). The highest BCUT2D eigenvalue weighted by Gasteiger charge is 2.32. The Kier molecular flexibility index (Phi) is 12.5. The van der Waals surface area contributed by atoms with Gasteiger partial charge >= 0.3 is 12.2 Å². The summed E-state index contributed by atoms with van der Waals surface area (Å²) in [5.74, 6) is -2.24. The van der Waals surface area contributed by atoms with Crippen molar-refractivity contribution in [3.05, 3.63) is 144 Å². The molecule has 0 radical (unpaired) electrons. The number of benzene rings is 4.